The van der Waals surface area contributed by atoms with Crippen molar-refractivity contribution in [2.45, 2.75) is 25.6 Å². The van der Waals surface area contributed by atoms with Crippen LogP contribution in [0.1, 0.15) is 12.0 Å². The molecule has 0 atom stereocenters. The van der Waals surface area contributed by atoms with Gasteiger partial charge in [0.15, 0.2) is 11.6 Å². The van der Waals surface area contributed by atoms with Crippen LogP contribution in [0.15, 0.2) is 30.6 Å². The topological polar surface area (TPSA) is 56.1 Å². The summed E-state index contributed by atoms with van der Waals surface area (Å²) in [5, 5.41) is 5.97. The summed E-state index contributed by atoms with van der Waals surface area (Å²) in [5.41, 5.74) is 0.779. The number of hydrogen-bond donors (Lipinski definition) is 1. The van der Waals surface area contributed by atoms with Gasteiger partial charge >= 0.3 is 6.18 Å². The van der Waals surface area contributed by atoms with E-state index in [2.05, 4.69) is 10.4 Å². The van der Waals surface area contributed by atoms with Gasteiger partial charge in [0.25, 0.3) is 0 Å². The lowest BCUT2D eigenvalue weighted by Crippen LogP contribution is -2.18. The van der Waals surface area contributed by atoms with Gasteiger partial charge in [-0.2, -0.15) is 18.3 Å². The summed E-state index contributed by atoms with van der Waals surface area (Å²) in [6, 6.07) is 4.37. The number of ether oxygens (including phenoxy) is 1. The van der Waals surface area contributed by atoms with Crippen molar-refractivity contribution in [3.05, 3.63) is 42.0 Å². The summed E-state index contributed by atoms with van der Waals surface area (Å²) in [4.78, 5) is 11.8. The van der Waals surface area contributed by atoms with Crippen LogP contribution in [0.5, 0.6) is 5.75 Å². The van der Waals surface area contributed by atoms with Gasteiger partial charge in [0, 0.05) is 12.6 Å². The number of benzene rings is 1. The van der Waals surface area contributed by atoms with Crippen LogP contribution >= 0.6 is 0 Å². The van der Waals surface area contributed by atoms with Crippen molar-refractivity contribution < 1.29 is 27.1 Å². The van der Waals surface area contributed by atoms with Gasteiger partial charge < -0.3 is 10.1 Å². The third-order valence-corrected chi connectivity index (χ3v) is 3.12. The smallest absolute Gasteiger partial charge is 0.408 e. The number of hydrogen-bond acceptors (Lipinski definition) is 3. The van der Waals surface area contributed by atoms with Crippen LogP contribution < -0.4 is 10.1 Å². The highest BCUT2D eigenvalue weighted by molar-refractivity contribution is 5.90. The van der Waals surface area contributed by atoms with E-state index in [0.717, 1.165) is 12.4 Å². The SMILES string of the molecule is COc1ccc(CCC(=O)Nc2cnn(CC(F)(F)F)c2)cc1F. The summed E-state index contributed by atoms with van der Waals surface area (Å²) in [6.07, 6.45) is -1.82. The minimum atomic E-state index is -4.38. The minimum Gasteiger partial charge on any atom is -0.494 e. The van der Waals surface area contributed by atoms with Crippen molar-refractivity contribution in [2.24, 2.45) is 0 Å². The first-order chi connectivity index (χ1) is 11.3. The number of alkyl halides is 3. The second kappa shape index (κ2) is 7.33. The first-order valence-electron chi connectivity index (χ1n) is 6.98. The predicted molar refractivity (Wildman–Crippen MR) is 78.2 cm³/mol. The van der Waals surface area contributed by atoms with Gasteiger partial charge in [-0.05, 0) is 24.1 Å². The van der Waals surface area contributed by atoms with E-state index < -0.39 is 24.4 Å². The maximum Gasteiger partial charge on any atom is 0.408 e. The van der Waals surface area contributed by atoms with E-state index in [1.165, 1.54) is 19.2 Å². The van der Waals surface area contributed by atoms with Crippen molar-refractivity contribution in [3.63, 3.8) is 0 Å². The molecule has 5 nitrogen and oxygen atoms in total. The van der Waals surface area contributed by atoms with Gasteiger partial charge in [-0.25, -0.2) is 4.39 Å². The molecule has 2 aromatic rings. The lowest BCUT2D eigenvalue weighted by molar-refractivity contribution is -0.142. The van der Waals surface area contributed by atoms with Crippen LogP contribution in [0.4, 0.5) is 23.2 Å². The molecule has 1 N–H and O–H groups in total. The van der Waals surface area contributed by atoms with Crippen LogP contribution in [0.25, 0.3) is 0 Å². The molecule has 2 rings (SSSR count). The number of carbonyl (C=O) groups is 1. The Labute approximate surface area is 135 Å². The average molecular weight is 345 g/mol. The highest BCUT2D eigenvalue weighted by atomic mass is 19.4. The molecule has 0 unspecified atom stereocenters. The average Bonchev–Trinajstić information content (AvgIpc) is 2.90. The number of nitrogens with one attached hydrogen (secondary N) is 1. The van der Waals surface area contributed by atoms with Gasteiger partial charge in [-0.1, -0.05) is 6.07 Å². The summed E-state index contributed by atoms with van der Waals surface area (Å²) in [5.74, 6) is -0.818. The zero-order valence-electron chi connectivity index (χ0n) is 12.7. The molecule has 1 amide bonds. The molecule has 1 heterocycles. The van der Waals surface area contributed by atoms with Crippen LogP contribution in [0.3, 0.4) is 0 Å². The zero-order chi connectivity index (χ0) is 17.7. The van der Waals surface area contributed by atoms with E-state index >= 15 is 0 Å². The fourth-order valence-corrected chi connectivity index (χ4v) is 2.05. The maximum atomic E-state index is 13.5. The highest BCUT2D eigenvalue weighted by Crippen LogP contribution is 2.19. The molecule has 0 aliphatic carbocycles. The second-order valence-electron chi connectivity index (χ2n) is 5.06. The van der Waals surface area contributed by atoms with Crippen molar-refractivity contribution >= 4 is 11.6 Å². The molecule has 9 heteroatoms. The molecule has 0 saturated heterocycles. The van der Waals surface area contributed by atoms with Crippen LogP contribution in [0, 0.1) is 5.82 Å². The molecule has 130 valence electrons. The number of halogens is 4. The quantitative estimate of drug-likeness (QED) is 0.818. The molecule has 0 radical (unpaired) electrons. The number of aryl methyl sites for hydroxylation is 1. The summed E-state index contributed by atoms with van der Waals surface area (Å²) < 4.78 is 55.7. The molecule has 0 aliphatic rings. The Bertz CT molecular complexity index is 713. The Morgan fingerprint density at radius 3 is 2.75 bits per heavy atom. The fraction of sp³-hybridized carbons (Fsp3) is 0.333. The van der Waals surface area contributed by atoms with Crippen LogP contribution in [0.2, 0.25) is 0 Å². The number of nitrogens with zero attached hydrogens (tertiary/aromatic N) is 2. The molecular formula is C15H15F4N3O2. The Hall–Kier alpha value is -2.58. The van der Waals surface area contributed by atoms with Crippen molar-refractivity contribution in [1.82, 2.24) is 9.78 Å². The van der Waals surface area contributed by atoms with Crippen LogP contribution in [-0.2, 0) is 17.8 Å². The van der Waals surface area contributed by atoms with Gasteiger partial charge in [0.05, 0.1) is 19.0 Å². The monoisotopic (exact) mass is 345 g/mol. The zero-order valence-corrected chi connectivity index (χ0v) is 12.7. The minimum absolute atomic E-state index is 0.0518. The predicted octanol–water partition coefficient (Wildman–Crippen LogP) is 3.16. The van der Waals surface area contributed by atoms with E-state index in [9.17, 15) is 22.4 Å². The summed E-state index contributed by atoms with van der Waals surface area (Å²) in [6.45, 7) is -1.23. The molecule has 0 fully saturated rings. The number of anilines is 1. The van der Waals surface area contributed by atoms with Crippen molar-refractivity contribution in [1.29, 1.82) is 0 Å². The second-order valence-corrected chi connectivity index (χ2v) is 5.06. The Balaban J connectivity index is 1.86. The number of rotatable bonds is 6. The third-order valence-electron chi connectivity index (χ3n) is 3.12. The number of methoxy groups -OCH3 is 1. The molecular weight excluding hydrogens is 330 g/mol. The normalized spacial score (nSPS) is 11.4. The lowest BCUT2D eigenvalue weighted by atomic mass is 10.1. The van der Waals surface area contributed by atoms with E-state index in [1.807, 2.05) is 0 Å². The van der Waals surface area contributed by atoms with Gasteiger partial charge in [0.1, 0.15) is 6.54 Å². The van der Waals surface area contributed by atoms with Gasteiger partial charge in [0.2, 0.25) is 5.91 Å². The van der Waals surface area contributed by atoms with E-state index in [-0.39, 0.29) is 24.3 Å². The highest BCUT2D eigenvalue weighted by Gasteiger charge is 2.28. The van der Waals surface area contributed by atoms with Crippen molar-refractivity contribution in [3.8, 4) is 5.75 Å². The molecule has 24 heavy (non-hydrogen) atoms. The summed E-state index contributed by atoms with van der Waals surface area (Å²) in [7, 11) is 1.35. The van der Waals surface area contributed by atoms with Gasteiger partial charge in [-0.3, -0.25) is 9.48 Å². The van der Waals surface area contributed by atoms with Crippen LogP contribution in [-0.4, -0.2) is 29.0 Å². The number of aromatic nitrogens is 2. The molecule has 0 bridgehead atoms. The Morgan fingerprint density at radius 2 is 2.12 bits per heavy atom. The van der Waals surface area contributed by atoms with Crippen molar-refractivity contribution in [2.75, 3.05) is 12.4 Å². The largest absolute Gasteiger partial charge is 0.494 e. The first-order valence-corrected chi connectivity index (χ1v) is 6.98. The lowest BCUT2D eigenvalue weighted by Gasteiger charge is -2.06. The molecule has 0 saturated carbocycles. The molecule has 1 aromatic carbocycles. The Morgan fingerprint density at radius 1 is 1.38 bits per heavy atom. The summed E-state index contributed by atoms with van der Waals surface area (Å²) >= 11 is 0. The fourth-order valence-electron chi connectivity index (χ4n) is 2.05. The van der Waals surface area contributed by atoms with E-state index in [0.29, 0.717) is 10.2 Å². The van der Waals surface area contributed by atoms with Gasteiger partial charge in [-0.15, -0.1) is 0 Å². The number of carbonyl (C=O) groups excluding carboxylic acids is 1. The molecule has 0 spiro atoms. The molecule has 0 aliphatic heterocycles. The first kappa shape index (κ1) is 17.8. The van der Waals surface area contributed by atoms with E-state index in [4.69, 9.17) is 4.74 Å². The standard InChI is InChI=1S/C15H15F4N3O2/c1-24-13-4-2-10(6-12(13)16)3-5-14(23)21-11-7-20-22(8-11)9-15(17,18)19/h2,4,6-8H,3,5,9H2,1H3,(H,21,23). The number of amides is 1. The Kier molecular flexibility index (Phi) is 5.42. The molecule has 1 aromatic heterocycles. The maximum absolute atomic E-state index is 13.5. The van der Waals surface area contributed by atoms with E-state index in [1.54, 1.807) is 6.07 Å². The third kappa shape index (κ3) is 5.25.